The van der Waals surface area contributed by atoms with Gasteiger partial charge in [0.15, 0.2) is 11.6 Å². The highest BCUT2D eigenvalue weighted by Gasteiger charge is 2.08. The van der Waals surface area contributed by atoms with Gasteiger partial charge in [0.2, 0.25) is 0 Å². The Kier molecular flexibility index (Phi) is 5.74. The van der Waals surface area contributed by atoms with Gasteiger partial charge >= 0.3 is 0 Å². The van der Waals surface area contributed by atoms with Crippen LogP contribution in [0.1, 0.15) is 11.1 Å². The molecule has 0 aliphatic carbocycles. The Labute approximate surface area is 208 Å². The summed E-state index contributed by atoms with van der Waals surface area (Å²) in [5.41, 5.74) is 8.17. The van der Waals surface area contributed by atoms with Crippen LogP contribution in [0.25, 0.3) is 32.3 Å². The lowest BCUT2D eigenvalue weighted by Crippen LogP contribution is -2.01. The van der Waals surface area contributed by atoms with Crippen LogP contribution in [0.5, 0.6) is 0 Å². The molecule has 2 N–H and O–H groups in total. The molecule has 0 aliphatic heterocycles. The number of nitrogens with one attached hydrogen (secondary N) is 2. The first-order valence-corrected chi connectivity index (χ1v) is 11.7. The van der Waals surface area contributed by atoms with Gasteiger partial charge in [-0.15, -0.1) is 10.2 Å². The maximum Gasteiger partial charge on any atom is 0.176 e. The number of hydrogen-bond acceptors (Lipinski definition) is 6. The third-order valence-electron chi connectivity index (χ3n) is 6.08. The van der Waals surface area contributed by atoms with Crippen molar-refractivity contribution in [2.24, 2.45) is 10.2 Å². The van der Waals surface area contributed by atoms with Crippen molar-refractivity contribution in [1.29, 1.82) is 0 Å². The lowest BCUT2D eigenvalue weighted by atomic mass is 10.1. The molecule has 0 saturated carbocycles. The van der Waals surface area contributed by atoms with Crippen LogP contribution in [0.15, 0.2) is 119 Å². The normalized spacial score (nSPS) is 11.7. The number of hydrogen-bond donors (Lipinski definition) is 2. The summed E-state index contributed by atoms with van der Waals surface area (Å²) in [5, 5.41) is 24.0. The van der Waals surface area contributed by atoms with Gasteiger partial charge in [0.25, 0.3) is 0 Å². The molecule has 0 unspecified atom stereocenters. The summed E-state index contributed by atoms with van der Waals surface area (Å²) < 4.78 is 0. The highest BCUT2D eigenvalue weighted by Crippen LogP contribution is 2.26. The van der Waals surface area contributed by atoms with Crippen LogP contribution in [-0.4, -0.2) is 22.6 Å². The van der Waals surface area contributed by atoms with Crippen LogP contribution in [-0.2, 0) is 0 Å². The van der Waals surface area contributed by atoms with E-state index in [0.717, 1.165) is 32.7 Å². The van der Waals surface area contributed by atoms with Crippen molar-refractivity contribution in [3.8, 4) is 0 Å². The van der Waals surface area contributed by atoms with E-state index in [0.29, 0.717) is 11.6 Å². The van der Waals surface area contributed by atoms with E-state index in [-0.39, 0.29) is 0 Å². The summed E-state index contributed by atoms with van der Waals surface area (Å²) in [4.78, 5) is 0. The molecule has 0 amide bonds. The zero-order valence-corrected chi connectivity index (χ0v) is 19.3. The first kappa shape index (κ1) is 21.4. The molecule has 5 aromatic carbocycles. The number of fused-ring (bicyclic) bond motifs is 3. The minimum atomic E-state index is 0.575. The van der Waals surface area contributed by atoms with Crippen LogP contribution in [0.3, 0.4) is 0 Å². The fraction of sp³-hybridized carbons (Fsp3) is 0. The van der Waals surface area contributed by atoms with E-state index in [2.05, 4.69) is 67.6 Å². The molecule has 0 spiro atoms. The Morgan fingerprint density at radius 2 is 0.833 bits per heavy atom. The predicted octanol–water partition coefficient (Wildman–Crippen LogP) is 6.83. The largest absolute Gasteiger partial charge is 0.259 e. The van der Waals surface area contributed by atoms with Crippen molar-refractivity contribution in [3.63, 3.8) is 0 Å². The quantitative estimate of drug-likeness (QED) is 0.208. The van der Waals surface area contributed by atoms with Crippen molar-refractivity contribution in [1.82, 2.24) is 10.2 Å². The predicted molar refractivity (Wildman–Crippen MR) is 150 cm³/mol. The highest BCUT2D eigenvalue weighted by molar-refractivity contribution is 6.02. The molecule has 0 bridgehead atoms. The van der Waals surface area contributed by atoms with Crippen molar-refractivity contribution in [2.75, 3.05) is 10.9 Å². The Balaban J connectivity index is 1.25. The molecule has 6 rings (SSSR count). The maximum absolute atomic E-state index is 4.45. The van der Waals surface area contributed by atoms with Gasteiger partial charge in [-0.25, -0.2) is 0 Å². The SMILES string of the molecule is C(=NNc1nnc(NN=Cc2cccc3ccccc23)c2ccccc12)c1cccc2ccccc12. The minimum Gasteiger partial charge on any atom is -0.259 e. The zero-order valence-electron chi connectivity index (χ0n) is 19.3. The molecule has 0 fully saturated rings. The standard InChI is InChI=1S/C30H22N6/c1-3-15-25-21(9-1)11-7-13-23(25)19-31-33-29-27-17-5-6-18-28(27)30(36-35-29)34-32-20-24-14-8-12-22-10-2-4-16-26(22)24/h1-20H,(H,33,35)(H,34,36). The second kappa shape index (κ2) is 9.64. The number of benzene rings is 5. The van der Waals surface area contributed by atoms with Crippen LogP contribution < -0.4 is 10.9 Å². The van der Waals surface area contributed by atoms with Crippen LogP contribution >= 0.6 is 0 Å². The molecule has 0 radical (unpaired) electrons. The Bertz CT molecular complexity index is 1620. The number of rotatable bonds is 6. The van der Waals surface area contributed by atoms with Crippen LogP contribution in [0.4, 0.5) is 11.6 Å². The summed E-state index contributed by atoms with van der Waals surface area (Å²) in [5.74, 6) is 1.15. The summed E-state index contributed by atoms with van der Waals surface area (Å²) in [6.45, 7) is 0. The molecular formula is C30H22N6. The highest BCUT2D eigenvalue weighted by atomic mass is 15.4. The van der Waals surface area contributed by atoms with Gasteiger partial charge in [0, 0.05) is 21.9 Å². The van der Waals surface area contributed by atoms with Crippen molar-refractivity contribution in [3.05, 3.63) is 120 Å². The van der Waals surface area contributed by atoms with E-state index in [9.17, 15) is 0 Å². The summed E-state index contributed by atoms with van der Waals surface area (Å²) in [6.07, 6.45) is 3.61. The fourth-order valence-corrected chi connectivity index (χ4v) is 4.32. The topological polar surface area (TPSA) is 74.6 Å². The van der Waals surface area contributed by atoms with E-state index in [4.69, 9.17) is 0 Å². The molecule has 0 aliphatic rings. The number of nitrogens with zero attached hydrogens (tertiary/aromatic N) is 4. The number of aromatic nitrogens is 2. The second-order valence-electron chi connectivity index (χ2n) is 8.32. The second-order valence-corrected chi connectivity index (χ2v) is 8.32. The third kappa shape index (κ3) is 4.23. The van der Waals surface area contributed by atoms with E-state index in [1.807, 2.05) is 72.8 Å². The molecule has 0 saturated heterocycles. The molecule has 1 heterocycles. The lowest BCUT2D eigenvalue weighted by Gasteiger charge is -2.08. The third-order valence-corrected chi connectivity index (χ3v) is 6.08. The van der Waals surface area contributed by atoms with Gasteiger partial charge in [-0.05, 0) is 21.5 Å². The first-order chi connectivity index (χ1) is 17.9. The molecule has 6 aromatic rings. The van der Waals surface area contributed by atoms with Gasteiger partial charge in [-0.3, -0.25) is 10.9 Å². The number of anilines is 2. The Morgan fingerprint density at radius 3 is 1.31 bits per heavy atom. The summed E-state index contributed by atoms with van der Waals surface area (Å²) >= 11 is 0. The summed E-state index contributed by atoms with van der Waals surface area (Å²) in [7, 11) is 0. The van der Waals surface area contributed by atoms with Gasteiger partial charge in [0.1, 0.15) is 0 Å². The van der Waals surface area contributed by atoms with Crippen LogP contribution in [0, 0.1) is 0 Å². The van der Waals surface area contributed by atoms with Gasteiger partial charge in [0.05, 0.1) is 12.4 Å². The van der Waals surface area contributed by atoms with Gasteiger partial charge in [-0.2, -0.15) is 10.2 Å². The molecule has 36 heavy (non-hydrogen) atoms. The molecule has 1 aromatic heterocycles. The van der Waals surface area contributed by atoms with E-state index in [1.165, 1.54) is 10.8 Å². The smallest absolute Gasteiger partial charge is 0.176 e. The lowest BCUT2D eigenvalue weighted by molar-refractivity contribution is 1.03. The molecular weight excluding hydrogens is 444 g/mol. The average Bonchev–Trinajstić information content (AvgIpc) is 2.94. The van der Waals surface area contributed by atoms with E-state index >= 15 is 0 Å². The van der Waals surface area contributed by atoms with Crippen LogP contribution in [0.2, 0.25) is 0 Å². The molecule has 0 atom stereocenters. The van der Waals surface area contributed by atoms with Crippen molar-refractivity contribution >= 4 is 56.4 Å². The number of hydrazone groups is 2. The van der Waals surface area contributed by atoms with E-state index < -0.39 is 0 Å². The fourth-order valence-electron chi connectivity index (χ4n) is 4.32. The van der Waals surface area contributed by atoms with E-state index in [1.54, 1.807) is 12.4 Å². The Hall–Kier alpha value is -5.10. The van der Waals surface area contributed by atoms with Crippen molar-refractivity contribution < 1.29 is 0 Å². The van der Waals surface area contributed by atoms with Crippen molar-refractivity contribution in [2.45, 2.75) is 0 Å². The first-order valence-electron chi connectivity index (χ1n) is 11.7. The Morgan fingerprint density at radius 1 is 0.444 bits per heavy atom. The monoisotopic (exact) mass is 466 g/mol. The summed E-state index contributed by atoms with van der Waals surface area (Å²) in [6, 6.07) is 36.7. The molecule has 6 heteroatoms. The molecule has 6 nitrogen and oxygen atoms in total. The zero-order chi connectivity index (χ0) is 24.2. The molecule has 172 valence electrons. The van der Waals surface area contributed by atoms with Gasteiger partial charge in [-0.1, -0.05) is 109 Å². The maximum atomic E-state index is 4.45. The minimum absolute atomic E-state index is 0.575. The van der Waals surface area contributed by atoms with Gasteiger partial charge < -0.3 is 0 Å². The average molecular weight is 467 g/mol.